The summed E-state index contributed by atoms with van der Waals surface area (Å²) in [4.78, 5) is 21.5. The third kappa shape index (κ3) is 4.29. The molecule has 0 saturated heterocycles. The maximum absolute atomic E-state index is 12.6. The van der Waals surface area contributed by atoms with Crippen molar-refractivity contribution in [3.05, 3.63) is 52.1 Å². The third-order valence-electron chi connectivity index (χ3n) is 4.01. The minimum absolute atomic E-state index is 0.149. The molecule has 2 rings (SSSR count). The van der Waals surface area contributed by atoms with E-state index in [0.29, 0.717) is 11.8 Å². The number of nitrogens with zero attached hydrogens (tertiary/aromatic N) is 2. The van der Waals surface area contributed by atoms with Crippen LogP contribution in [0, 0.1) is 10.1 Å². The minimum atomic E-state index is -3.86. The van der Waals surface area contributed by atoms with Crippen LogP contribution < -0.4 is 9.47 Å². The highest BCUT2D eigenvalue weighted by Crippen LogP contribution is 2.38. The molecule has 28 heavy (non-hydrogen) atoms. The van der Waals surface area contributed by atoms with Crippen LogP contribution in [0.25, 0.3) is 0 Å². The van der Waals surface area contributed by atoms with Crippen LogP contribution in [-0.4, -0.2) is 44.1 Å². The van der Waals surface area contributed by atoms with Crippen LogP contribution in [0.5, 0.6) is 17.2 Å². The van der Waals surface area contributed by atoms with Gasteiger partial charge in [-0.15, -0.1) is 0 Å². The van der Waals surface area contributed by atoms with Crippen molar-refractivity contribution in [2.75, 3.05) is 20.2 Å². The van der Waals surface area contributed by atoms with Crippen molar-refractivity contribution in [3.63, 3.8) is 0 Å². The first-order valence-electron chi connectivity index (χ1n) is 8.38. The summed E-state index contributed by atoms with van der Waals surface area (Å²) >= 11 is 0. The normalized spacial score (nSPS) is 11.3. The third-order valence-corrected chi connectivity index (χ3v) is 6.06. The van der Waals surface area contributed by atoms with E-state index >= 15 is 0 Å². The standard InChI is InChI=1S/C18H20N2O7S/c1-4-19(5-2)28(24,25)14-7-9-16(15(11-14)20(22)23)27-17-8-6-13(12-21)10-18(17)26-3/h6-12H,4-5H2,1-3H3. The van der Waals surface area contributed by atoms with Crippen molar-refractivity contribution in [1.82, 2.24) is 4.31 Å². The highest BCUT2D eigenvalue weighted by atomic mass is 32.2. The molecule has 9 nitrogen and oxygen atoms in total. The van der Waals surface area contributed by atoms with Gasteiger partial charge in [0.15, 0.2) is 11.5 Å². The van der Waals surface area contributed by atoms with E-state index in [0.717, 1.165) is 6.07 Å². The lowest BCUT2D eigenvalue weighted by Crippen LogP contribution is -2.30. The molecule has 2 aromatic carbocycles. The van der Waals surface area contributed by atoms with Gasteiger partial charge in [0, 0.05) is 24.7 Å². The zero-order valence-electron chi connectivity index (χ0n) is 15.6. The topological polar surface area (TPSA) is 116 Å². The lowest BCUT2D eigenvalue weighted by atomic mass is 10.2. The zero-order valence-corrected chi connectivity index (χ0v) is 16.4. The number of rotatable bonds is 9. The van der Waals surface area contributed by atoms with Crippen LogP contribution >= 0.6 is 0 Å². The van der Waals surface area contributed by atoms with E-state index in [1.165, 1.54) is 41.7 Å². The zero-order chi connectivity index (χ0) is 20.9. The van der Waals surface area contributed by atoms with Gasteiger partial charge >= 0.3 is 5.69 Å². The molecule has 0 fully saturated rings. The van der Waals surface area contributed by atoms with Gasteiger partial charge in [0.05, 0.1) is 16.9 Å². The van der Waals surface area contributed by atoms with E-state index in [2.05, 4.69) is 0 Å². The Balaban J connectivity index is 2.50. The predicted molar refractivity (Wildman–Crippen MR) is 102 cm³/mol. The molecule has 0 spiro atoms. The van der Waals surface area contributed by atoms with E-state index in [9.17, 15) is 23.3 Å². The summed E-state index contributed by atoms with van der Waals surface area (Å²) in [7, 11) is -2.49. The van der Waals surface area contributed by atoms with E-state index in [1.54, 1.807) is 13.8 Å². The van der Waals surface area contributed by atoms with Gasteiger partial charge in [-0.25, -0.2) is 8.42 Å². The van der Waals surface area contributed by atoms with Gasteiger partial charge in [0.1, 0.15) is 6.29 Å². The highest BCUT2D eigenvalue weighted by molar-refractivity contribution is 7.89. The van der Waals surface area contributed by atoms with Crippen molar-refractivity contribution in [2.24, 2.45) is 0 Å². The van der Waals surface area contributed by atoms with Gasteiger partial charge < -0.3 is 9.47 Å². The second-order valence-corrected chi connectivity index (χ2v) is 7.54. The molecule has 0 radical (unpaired) electrons. The van der Waals surface area contributed by atoms with Crippen LogP contribution in [0.4, 0.5) is 5.69 Å². The molecule has 2 aromatic rings. The highest BCUT2D eigenvalue weighted by Gasteiger charge is 2.26. The summed E-state index contributed by atoms with van der Waals surface area (Å²) in [6.45, 7) is 3.85. The summed E-state index contributed by atoms with van der Waals surface area (Å²) in [5, 5.41) is 11.5. The first-order chi connectivity index (χ1) is 13.3. The second-order valence-electron chi connectivity index (χ2n) is 5.61. The summed E-state index contributed by atoms with van der Waals surface area (Å²) < 4.78 is 37.2. The van der Waals surface area contributed by atoms with E-state index < -0.39 is 20.6 Å². The van der Waals surface area contributed by atoms with E-state index in [4.69, 9.17) is 9.47 Å². The van der Waals surface area contributed by atoms with Crippen molar-refractivity contribution >= 4 is 22.0 Å². The molecule has 0 aromatic heterocycles. The van der Waals surface area contributed by atoms with E-state index in [1.807, 2.05) is 0 Å². The smallest absolute Gasteiger partial charge is 0.312 e. The molecule has 0 saturated carbocycles. The van der Waals surface area contributed by atoms with Gasteiger partial charge in [-0.2, -0.15) is 4.31 Å². The van der Waals surface area contributed by atoms with Crippen molar-refractivity contribution in [1.29, 1.82) is 0 Å². The molecule has 0 N–H and O–H groups in total. The SMILES string of the molecule is CCN(CC)S(=O)(=O)c1ccc(Oc2ccc(C=O)cc2OC)c([N+](=O)[O-])c1. The molecule has 0 bridgehead atoms. The lowest BCUT2D eigenvalue weighted by Gasteiger charge is -2.18. The first kappa shape index (κ1) is 21.3. The number of aldehydes is 1. The average molecular weight is 408 g/mol. The Bertz CT molecular complexity index is 985. The molecule has 0 amide bonds. The molecule has 0 heterocycles. The number of carbonyl (C=O) groups is 1. The van der Waals surface area contributed by atoms with Gasteiger partial charge in [-0.3, -0.25) is 14.9 Å². The fourth-order valence-corrected chi connectivity index (χ4v) is 4.04. The van der Waals surface area contributed by atoms with E-state index in [-0.39, 0.29) is 35.2 Å². The fourth-order valence-electron chi connectivity index (χ4n) is 2.56. The quantitative estimate of drug-likeness (QED) is 0.355. The number of nitro benzene ring substituents is 1. The summed E-state index contributed by atoms with van der Waals surface area (Å²) in [6, 6.07) is 7.77. The van der Waals surface area contributed by atoms with Crippen molar-refractivity contribution in [3.8, 4) is 17.2 Å². The van der Waals surface area contributed by atoms with Gasteiger partial charge in [-0.1, -0.05) is 13.8 Å². The Morgan fingerprint density at radius 2 is 1.71 bits per heavy atom. The van der Waals surface area contributed by atoms with Gasteiger partial charge in [0.25, 0.3) is 0 Å². The monoisotopic (exact) mass is 408 g/mol. The lowest BCUT2D eigenvalue weighted by molar-refractivity contribution is -0.385. The largest absolute Gasteiger partial charge is 0.493 e. The van der Waals surface area contributed by atoms with Crippen LogP contribution in [0.2, 0.25) is 0 Å². The van der Waals surface area contributed by atoms with Gasteiger partial charge in [0.2, 0.25) is 15.8 Å². The van der Waals surface area contributed by atoms with Crippen molar-refractivity contribution in [2.45, 2.75) is 18.7 Å². The molecular weight excluding hydrogens is 388 g/mol. The number of methoxy groups -OCH3 is 1. The summed E-state index contributed by atoms with van der Waals surface area (Å²) in [5.74, 6) is 0.204. The maximum Gasteiger partial charge on any atom is 0.312 e. The first-order valence-corrected chi connectivity index (χ1v) is 9.82. The molecule has 0 aliphatic carbocycles. The van der Waals surface area contributed by atoms with Crippen molar-refractivity contribution < 1.29 is 27.6 Å². The Hall–Kier alpha value is -2.98. The Labute approximate surface area is 162 Å². The molecule has 0 unspecified atom stereocenters. The average Bonchev–Trinajstić information content (AvgIpc) is 2.68. The van der Waals surface area contributed by atoms with Crippen LogP contribution in [0.15, 0.2) is 41.3 Å². The minimum Gasteiger partial charge on any atom is -0.493 e. The van der Waals surface area contributed by atoms with Gasteiger partial charge in [-0.05, 0) is 30.3 Å². The fraction of sp³-hybridized carbons (Fsp3) is 0.278. The van der Waals surface area contributed by atoms with Crippen LogP contribution in [-0.2, 0) is 10.0 Å². The molecule has 0 aliphatic heterocycles. The molecule has 0 atom stereocenters. The summed E-state index contributed by atoms with van der Waals surface area (Å²) in [6.07, 6.45) is 0.627. The molecule has 150 valence electrons. The molecular formula is C18H20N2O7S. The Morgan fingerprint density at radius 3 is 2.25 bits per heavy atom. The number of hydrogen-bond donors (Lipinski definition) is 0. The Morgan fingerprint density at radius 1 is 1.07 bits per heavy atom. The van der Waals surface area contributed by atoms with Crippen LogP contribution in [0.3, 0.4) is 0 Å². The second kappa shape index (κ2) is 8.81. The Kier molecular flexibility index (Phi) is 6.71. The number of benzene rings is 2. The number of nitro groups is 1. The summed E-state index contributed by atoms with van der Waals surface area (Å²) in [5.41, 5.74) is -0.158. The number of carbonyl (C=O) groups excluding carboxylic acids is 1. The molecule has 10 heteroatoms. The predicted octanol–water partition coefficient (Wildman–Crippen LogP) is 3.24. The number of sulfonamides is 1. The number of ether oxygens (including phenoxy) is 2. The maximum atomic E-state index is 12.6. The van der Waals surface area contributed by atoms with Crippen LogP contribution in [0.1, 0.15) is 24.2 Å². The molecule has 0 aliphatic rings. The number of hydrogen-bond acceptors (Lipinski definition) is 7.